The summed E-state index contributed by atoms with van der Waals surface area (Å²) in [5.74, 6) is -0.920. The van der Waals surface area contributed by atoms with Gasteiger partial charge in [-0.2, -0.15) is 0 Å². The third-order valence-corrected chi connectivity index (χ3v) is 3.93. The van der Waals surface area contributed by atoms with E-state index < -0.39 is 5.82 Å². The summed E-state index contributed by atoms with van der Waals surface area (Å²) < 4.78 is 14.5. The monoisotopic (exact) mass is 400 g/mol. The molecule has 0 unspecified atom stereocenters. The first kappa shape index (κ1) is 15.0. The number of nitrogens with one attached hydrogen (secondary N) is 1. The Labute approximate surface area is 132 Å². The van der Waals surface area contributed by atoms with Gasteiger partial charge in [-0.05, 0) is 52.7 Å². The molecule has 0 aliphatic carbocycles. The van der Waals surface area contributed by atoms with Crippen LogP contribution in [0.4, 0.5) is 15.8 Å². The molecule has 2 rings (SSSR count). The minimum atomic E-state index is -0.563. The molecule has 2 aromatic carbocycles. The Hall–Kier alpha value is -1.40. The van der Waals surface area contributed by atoms with Gasteiger partial charge < -0.3 is 11.1 Å². The molecule has 3 nitrogen and oxygen atoms in total. The summed E-state index contributed by atoms with van der Waals surface area (Å²) in [4.78, 5) is 12.2. The van der Waals surface area contributed by atoms with Crippen LogP contribution in [0.1, 0.15) is 15.9 Å². The molecule has 0 saturated heterocycles. The van der Waals surface area contributed by atoms with E-state index >= 15 is 0 Å². The van der Waals surface area contributed by atoms with E-state index in [-0.39, 0.29) is 17.2 Å². The number of aryl methyl sites for hydroxylation is 1. The lowest BCUT2D eigenvalue weighted by molar-refractivity contribution is 0.102. The van der Waals surface area contributed by atoms with Crippen LogP contribution in [0.25, 0.3) is 0 Å². The maximum atomic E-state index is 13.3. The minimum absolute atomic E-state index is 0.0654. The highest BCUT2D eigenvalue weighted by Crippen LogP contribution is 2.25. The zero-order chi connectivity index (χ0) is 14.9. The zero-order valence-corrected chi connectivity index (χ0v) is 13.7. The van der Waals surface area contributed by atoms with Gasteiger partial charge >= 0.3 is 0 Å². The molecule has 0 bridgehead atoms. The predicted octanol–water partition coefficient (Wildman–Crippen LogP) is 4.49. The van der Waals surface area contributed by atoms with E-state index in [2.05, 4.69) is 37.2 Å². The van der Waals surface area contributed by atoms with Crippen LogP contribution in [0.3, 0.4) is 0 Å². The van der Waals surface area contributed by atoms with E-state index in [1.165, 1.54) is 12.1 Å². The van der Waals surface area contributed by atoms with Crippen molar-refractivity contribution in [3.63, 3.8) is 0 Å². The second kappa shape index (κ2) is 5.93. The van der Waals surface area contributed by atoms with Crippen molar-refractivity contribution in [1.29, 1.82) is 0 Å². The van der Waals surface area contributed by atoms with E-state index in [1.807, 2.05) is 19.1 Å². The van der Waals surface area contributed by atoms with Gasteiger partial charge in [-0.25, -0.2) is 4.39 Å². The maximum Gasteiger partial charge on any atom is 0.256 e. The molecule has 20 heavy (non-hydrogen) atoms. The first-order valence-electron chi connectivity index (χ1n) is 5.70. The fourth-order valence-corrected chi connectivity index (χ4v) is 2.51. The smallest absolute Gasteiger partial charge is 0.256 e. The van der Waals surface area contributed by atoms with Crippen LogP contribution < -0.4 is 11.1 Å². The first-order chi connectivity index (χ1) is 9.38. The molecule has 3 N–H and O–H groups in total. The van der Waals surface area contributed by atoms with Crippen molar-refractivity contribution in [3.05, 3.63) is 56.2 Å². The van der Waals surface area contributed by atoms with Gasteiger partial charge in [0, 0.05) is 14.6 Å². The fourth-order valence-electron chi connectivity index (χ4n) is 1.66. The van der Waals surface area contributed by atoms with Crippen molar-refractivity contribution in [2.45, 2.75) is 6.92 Å². The SMILES string of the molecule is Cc1ccc(Br)cc1NC(=O)c1cc(N)c(F)cc1Br. The molecular weight excluding hydrogens is 391 g/mol. The average Bonchev–Trinajstić information content (AvgIpc) is 2.38. The largest absolute Gasteiger partial charge is 0.396 e. The van der Waals surface area contributed by atoms with Gasteiger partial charge in [-0.15, -0.1) is 0 Å². The molecule has 0 aliphatic rings. The van der Waals surface area contributed by atoms with E-state index in [0.29, 0.717) is 10.2 Å². The predicted molar refractivity (Wildman–Crippen MR) is 85.3 cm³/mol. The number of hydrogen-bond acceptors (Lipinski definition) is 2. The fraction of sp³-hybridized carbons (Fsp3) is 0.0714. The van der Waals surface area contributed by atoms with Gasteiger partial charge in [-0.1, -0.05) is 22.0 Å². The quantitative estimate of drug-likeness (QED) is 0.728. The molecule has 0 aromatic heterocycles. The van der Waals surface area contributed by atoms with E-state index in [1.54, 1.807) is 6.07 Å². The third-order valence-electron chi connectivity index (χ3n) is 2.78. The highest BCUT2D eigenvalue weighted by molar-refractivity contribution is 9.10. The third kappa shape index (κ3) is 3.19. The summed E-state index contributed by atoms with van der Waals surface area (Å²) >= 11 is 6.51. The summed E-state index contributed by atoms with van der Waals surface area (Å²) in [5.41, 5.74) is 7.31. The van der Waals surface area contributed by atoms with E-state index in [9.17, 15) is 9.18 Å². The Morgan fingerprint density at radius 3 is 2.65 bits per heavy atom. The van der Waals surface area contributed by atoms with Gasteiger partial charge in [0.1, 0.15) is 5.82 Å². The molecule has 0 fully saturated rings. The summed E-state index contributed by atoms with van der Waals surface area (Å²) in [5, 5.41) is 2.78. The normalized spacial score (nSPS) is 10.4. The lowest BCUT2D eigenvalue weighted by Crippen LogP contribution is -2.14. The van der Waals surface area contributed by atoms with Crippen LogP contribution in [0.2, 0.25) is 0 Å². The number of anilines is 2. The number of rotatable bonds is 2. The van der Waals surface area contributed by atoms with E-state index in [0.717, 1.165) is 10.0 Å². The molecular formula is C14H11Br2FN2O. The van der Waals surface area contributed by atoms with Gasteiger partial charge in [-0.3, -0.25) is 4.79 Å². The lowest BCUT2D eigenvalue weighted by Gasteiger charge is -2.11. The van der Waals surface area contributed by atoms with Crippen molar-refractivity contribution in [2.75, 3.05) is 11.1 Å². The second-order valence-electron chi connectivity index (χ2n) is 4.27. The van der Waals surface area contributed by atoms with Crippen LogP contribution >= 0.6 is 31.9 Å². The second-order valence-corrected chi connectivity index (χ2v) is 6.04. The van der Waals surface area contributed by atoms with Gasteiger partial charge in [0.25, 0.3) is 5.91 Å². The van der Waals surface area contributed by atoms with Crippen LogP contribution in [-0.4, -0.2) is 5.91 Å². The van der Waals surface area contributed by atoms with Crippen LogP contribution in [0, 0.1) is 12.7 Å². The molecule has 0 aliphatic heterocycles. The number of nitrogen functional groups attached to an aromatic ring is 1. The summed E-state index contributed by atoms with van der Waals surface area (Å²) in [6, 6.07) is 8.05. The molecule has 6 heteroatoms. The first-order valence-corrected chi connectivity index (χ1v) is 7.29. The number of amides is 1. The standard InChI is InChI=1S/C14H11Br2FN2O/c1-7-2-3-8(15)4-13(7)19-14(20)9-5-12(18)11(17)6-10(9)16/h2-6H,18H2,1H3,(H,19,20). The van der Waals surface area contributed by atoms with Gasteiger partial charge in [0.15, 0.2) is 0 Å². The summed E-state index contributed by atoms with van der Waals surface area (Å²) in [7, 11) is 0. The highest BCUT2D eigenvalue weighted by atomic mass is 79.9. The van der Waals surface area contributed by atoms with E-state index in [4.69, 9.17) is 5.73 Å². The maximum absolute atomic E-state index is 13.3. The molecule has 0 radical (unpaired) electrons. The Morgan fingerprint density at radius 2 is 1.95 bits per heavy atom. The van der Waals surface area contributed by atoms with Crippen molar-refractivity contribution in [3.8, 4) is 0 Å². The van der Waals surface area contributed by atoms with Crippen molar-refractivity contribution < 1.29 is 9.18 Å². The molecule has 0 saturated carbocycles. The molecule has 1 amide bonds. The molecule has 104 valence electrons. The highest BCUT2D eigenvalue weighted by Gasteiger charge is 2.14. The Balaban J connectivity index is 2.33. The van der Waals surface area contributed by atoms with Gasteiger partial charge in [0.2, 0.25) is 0 Å². The molecule has 0 heterocycles. The number of hydrogen-bond donors (Lipinski definition) is 2. The number of carbonyl (C=O) groups is 1. The average molecular weight is 402 g/mol. The Morgan fingerprint density at radius 1 is 1.25 bits per heavy atom. The lowest BCUT2D eigenvalue weighted by atomic mass is 10.1. The molecule has 0 spiro atoms. The number of carbonyl (C=O) groups excluding carboxylic acids is 1. The summed E-state index contributed by atoms with van der Waals surface area (Å²) in [6.45, 7) is 1.89. The Bertz CT molecular complexity index is 689. The number of halogens is 3. The topological polar surface area (TPSA) is 55.1 Å². The number of benzene rings is 2. The number of nitrogens with two attached hydrogens (primary N) is 1. The van der Waals surface area contributed by atoms with Crippen LogP contribution in [0.15, 0.2) is 39.3 Å². The van der Waals surface area contributed by atoms with Crippen molar-refractivity contribution in [1.82, 2.24) is 0 Å². The van der Waals surface area contributed by atoms with Crippen molar-refractivity contribution in [2.24, 2.45) is 0 Å². The molecule has 0 atom stereocenters. The van der Waals surface area contributed by atoms with Crippen molar-refractivity contribution >= 4 is 49.1 Å². The van der Waals surface area contributed by atoms with Crippen LogP contribution in [0.5, 0.6) is 0 Å². The van der Waals surface area contributed by atoms with Crippen LogP contribution in [-0.2, 0) is 0 Å². The molecule has 2 aromatic rings. The Kier molecular flexibility index (Phi) is 4.45. The van der Waals surface area contributed by atoms with Gasteiger partial charge in [0.05, 0.1) is 11.3 Å². The zero-order valence-electron chi connectivity index (χ0n) is 10.5. The minimum Gasteiger partial charge on any atom is -0.396 e. The summed E-state index contributed by atoms with van der Waals surface area (Å²) in [6.07, 6.45) is 0.